The highest BCUT2D eigenvalue weighted by Crippen LogP contribution is 2.24. The number of nitrogens with two attached hydrogens (primary N) is 1. The predicted octanol–water partition coefficient (Wildman–Crippen LogP) is 1.70. The van der Waals surface area contributed by atoms with E-state index in [1.54, 1.807) is 0 Å². The first-order valence-electron chi connectivity index (χ1n) is 6.14. The summed E-state index contributed by atoms with van der Waals surface area (Å²) in [6, 6.07) is 4.65. The maximum Gasteiger partial charge on any atom is 0.151 e. The van der Waals surface area contributed by atoms with Gasteiger partial charge in [-0.3, -0.25) is 0 Å². The highest BCUT2D eigenvalue weighted by Gasteiger charge is 2.21. The van der Waals surface area contributed by atoms with Crippen LogP contribution in [0.2, 0.25) is 0 Å². The molecule has 2 rings (SSSR count). The largest absolute Gasteiger partial charge is 0.352 e. The molecule has 1 aromatic rings. The summed E-state index contributed by atoms with van der Waals surface area (Å²) in [7, 11) is 0. The van der Waals surface area contributed by atoms with Gasteiger partial charge in [-0.05, 0) is 37.8 Å². The van der Waals surface area contributed by atoms with E-state index in [2.05, 4.69) is 22.0 Å². The molecule has 0 bridgehead atoms. The third-order valence-corrected chi connectivity index (χ3v) is 3.31. The number of rotatable bonds is 3. The quantitative estimate of drug-likeness (QED) is 0.842. The van der Waals surface area contributed by atoms with Crippen molar-refractivity contribution in [3.8, 4) is 0 Å². The van der Waals surface area contributed by atoms with Crippen LogP contribution < -0.4 is 10.6 Å². The Morgan fingerprint density at radius 3 is 2.88 bits per heavy atom. The average Bonchev–Trinajstić information content (AvgIpc) is 2.39. The van der Waals surface area contributed by atoms with Crippen molar-refractivity contribution in [1.82, 2.24) is 10.2 Å². The van der Waals surface area contributed by atoms with Gasteiger partial charge in [0.2, 0.25) is 0 Å². The van der Waals surface area contributed by atoms with Crippen LogP contribution in [0.4, 0.5) is 5.82 Å². The van der Waals surface area contributed by atoms with E-state index in [0.29, 0.717) is 12.6 Å². The number of piperidine rings is 1. The van der Waals surface area contributed by atoms with Gasteiger partial charge in [0.25, 0.3) is 0 Å². The number of aromatic nitrogens is 2. The van der Waals surface area contributed by atoms with Gasteiger partial charge >= 0.3 is 0 Å². The first-order valence-corrected chi connectivity index (χ1v) is 6.14. The molecule has 4 nitrogen and oxygen atoms in total. The maximum atomic E-state index is 5.52. The van der Waals surface area contributed by atoms with E-state index in [1.807, 2.05) is 12.1 Å². The Kier molecular flexibility index (Phi) is 3.72. The molecule has 1 aliphatic rings. The van der Waals surface area contributed by atoms with Crippen molar-refractivity contribution in [1.29, 1.82) is 0 Å². The van der Waals surface area contributed by atoms with Crippen LogP contribution in [0.25, 0.3) is 0 Å². The molecule has 0 aromatic carbocycles. The first-order chi connectivity index (χ1) is 7.85. The maximum absolute atomic E-state index is 5.52. The molecule has 1 aromatic heterocycles. The molecule has 0 spiro atoms. The second-order valence-corrected chi connectivity index (χ2v) is 4.34. The molecule has 1 atom stereocenters. The second-order valence-electron chi connectivity index (χ2n) is 4.34. The fourth-order valence-corrected chi connectivity index (χ4v) is 2.34. The van der Waals surface area contributed by atoms with Crippen molar-refractivity contribution < 1.29 is 0 Å². The van der Waals surface area contributed by atoms with Crippen molar-refractivity contribution in [2.75, 3.05) is 11.4 Å². The zero-order chi connectivity index (χ0) is 11.4. The highest BCUT2D eigenvalue weighted by atomic mass is 15.3. The van der Waals surface area contributed by atoms with E-state index < -0.39 is 0 Å². The van der Waals surface area contributed by atoms with Gasteiger partial charge in [0.05, 0.1) is 5.69 Å². The summed E-state index contributed by atoms with van der Waals surface area (Å²) in [6.45, 7) is 3.81. The summed E-state index contributed by atoms with van der Waals surface area (Å²) in [5, 5.41) is 8.39. The minimum absolute atomic E-state index is 0.463. The van der Waals surface area contributed by atoms with Gasteiger partial charge in [-0.25, -0.2) is 0 Å². The van der Waals surface area contributed by atoms with Crippen molar-refractivity contribution in [3.63, 3.8) is 0 Å². The van der Waals surface area contributed by atoms with E-state index in [-0.39, 0.29) is 0 Å². The van der Waals surface area contributed by atoms with Crippen LogP contribution in [-0.2, 0) is 6.54 Å². The number of hydrogen-bond acceptors (Lipinski definition) is 4. The standard InChI is InChI=1S/C12H20N4/c1-2-11-5-3-4-8-16(11)12-7-6-10(9-13)14-15-12/h6-7,11H,2-5,8-9,13H2,1H3. The summed E-state index contributed by atoms with van der Waals surface area (Å²) >= 11 is 0. The highest BCUT2D eigenvalue weighted by molar-refractivity contribution is 5.39. The molecule has 0 saturated carbocycles. The molecular formula is C12H20N4. The normalized spacial score (nSPS) is 21.1. The van der Waals surface area contributed by atoms with Crippen LogP contribution in [0.1, 0.15) is 38.3 Å². The van der Waals surface area contributed by atoms with Crippen molar-refractivity contribution >= 4 is 5.82 Å². The molecule has 1 aliphatic heterocycles. The molecule has 1 fully saturated rings. The topological polar surface area (TPSA) is 55.0 Å². The molecule has 88 valence electrons. The zero-order valence-electron chi connectivity index (χ0n) is 9.89. The summed E-state index contributed by atoms with van der Waals surface area (Å²) in [5.74, 6) is 1.00. The lowest BCUT2D eigenvalue weighted by atomic mass is 10.0. The lowest BCUT2D eigenvalue weighted by molar-refractivity contribution is 0.445. The molecule has 1 unspecified atom stereocenters. The number of anilines is 1. The summed E-state index contributed by atoms with van der Waals surface area (Å²) in [6.07, 6.45) is 5.05. The number of nitrogens with zero attached hydrogens (tertiary/aromatic N) is 3. The van der Waals surface area contributed by atoms with Gasteiger partial charge in [-0.2, -0.15) is 5.10 Å². The van der Waals surface area contributed by atoms with E-state index >= 15 is 0 Å². The summed E-state index contributed by atoms with van der Waals surface area (Å²) < 4.78 is 0. The lowest BCUT2D eigenvalue weighted by Gasteiger charge is -2.35. The van der Waals surface area contributed by atoms with Crippen molar-refractivity contribution in [2.45, 2.75) is 45.2 Å². The molecule has 0 radical (unpaired) electrons. The summed E-state index contributed by atoms with van der Waals surface area (Å²) in [5.41, 5.74) is 6.37. The predicted molar refractivity (Wildman–Crippen MR) is 65.2 cm³/mol. The Hall–Kier alpha value is -1.16. The van der Waals surface area contributed by atoms with Crippen LogP contribution in [-0.4, -0.2) is 22.8 Å². The van der Waals surface area contributed by atoms with Crippen LogP contribution in [0.3, 0.4) is 0 Å². The Morgan fingerprint density at radius 1 is 1.38 bits per heavy atom. The SMILES string of the molecule is CCC1CCCCN1c1ccc(CN)nn1. The second kappa shape index (κ2) is 5.25. The lowest BCUT2D eigenvalue weighted by Crippen LogP contribution is -2.39. The van der Waals surface area contributed by atoms with E-state index in [9.17, 15) is 0 Å². The smallest absolute Gasteiger partial charge is 0.151 e. The monoisotopic (exact) mass is 220 g/mol. The molecule has 2 heterocycles. The van der Waals surface area contributed by atoms with Gasteiger partial charge < -0.3 is 10.6 Å². The van der Waals surface area contributed by atoms with Crippen molar-refractivity contribution in [2.24, 2.45) is 5.73 Å². The molecule has 1 saturated heterocycles. The molecule has 0 aliphatic carbocycles. The van der Waals surface area contributed by atoms with E-state index in [1.165, 1.54) is 25.7 Å². The van der Waals surface area contributed by atoms with Crippen LogP contribution in [0, 0.1) is 0 Å². The molecule has 16 heavy (non-hydrogen) atoms. The van der Waals surface area contributed by atoms with Crippen molar-refractivity contribution in [3.05, 3.63) is 17.8 Å². The van der Waals surface area contributed by atoms with Gasteiger partial charge in [-0.1, -0.05) is 6.92 Å². The Balaban J connectivity index is 2.14. The molecule has 2 N–H and O–H groups in total. The average molecular weight is 220 g/mol. The number of hydrogen-bond donors (Lipinski definition) is 1. The van der Waals surface area contributed by atoms with Gasteiger partial charge in [0.1, 0.15) is 0 Å². The van der Waals surface area contributed by atoms with E-state index in [4.69, 9.17) is 5.73 Å². The molecular weight excluding hydrogens is 200 g/mol. The van der Waals surface area contributed by atoms with E-state index in [0.717, 1.165) is 18.1 Å². The summed E-state index contributed by atoms with van der Waals surface area (Å²) in [4.78, 5) is 2.39. The van der Waals surface area contributed by atoms with Gasteiger partial charge in [-0.15, -0.1) is 5.10 Å². The Morgan fingerprint density at radius 2 is 2.25 bits per heavy atom. The minimum Gasteiger partial charge on any atom is -0.352 e. The Bertz CT molecular complexity index is 322. The third-order valence-electron chi connectivity index (χ3n) is 3.31. The van der Waals surface area contributed by atoms with Gasteiger partial charge in [0.15, 0.2) is 5.82 Å². The molecule has 4 heteroatoms. The Labute approximate surface area is 96.9 Å². The fraction of sp³-hybridized carbons (Fsp3) is 0.667. The van der Waals surface area contributed by atoms with Gasteiger partial charge in [0, 0.05) is 19.1 Å². The zero-order valence-corrected chi connectivity index (χ0v) is 9.89. The third kappa shape index (κ3) is 2.32. The van der Waals surface area contributed by atoms with Crippen LogP contribution in [0.5, 0.6) is 0 Å². The minimum atomic E-state index is 0.463. The fourth-order valence-electron chi connectivity index (χ4n) is 2.34. The van der Waals surface area contributed by atoms with Crippen LogP contribution in [0.15, 0.2) is 12.1 Å². The first kappa shape index (κ1) is 11.3. The van der Waals surface area contributed by atoms with Crippen LogP contribution >= 0.6 is 0 Å². The molecule has 0 amide bonds.